The molecule has 0 saturated carbocycles. The molecule has 2 heterocycles. The van der Waals surface area contributed by atoms with Gasteiger partial charge in [-0.05, 0) is 19.4 Å². The number of nitrogens with zero attached hydrogens (tertiary/aromatic N) is 2. The Morgan fingerprint density at radius 2 is 2.47 bits per heavy atom. The number of amides is 1. The van der Waals surface area contributed by atoms with Gasteiger partial charge in [-0.2, -0.15) is 0 Å². The van der Waals surface area contributed by atoms with Gasteiger partial charge in [0.05, 0.1) is 18.3 Å². The summed E-state index contributed by atoms with van der Waals surface area (Å²) in [5, 5.41) is 0. The van der Waals surface area contributed by atoms with Crippen LogP contribution in [0.25, 0.3) is 0 Å². The van der Waals surface area contributed by atoms with Crippen molar-refractivity contribution in [1.82, 2.24) is 9.47 Å². The minimum atomic E-state index is 0.0130. The van der Waals surface area contributed by atoms with Crippen molar-refractivity contribution in [1.29, 1.82) is 0 Å². The summed E-state index contributed by atoms with van der Waals surface area (Å²) >= 11 is 0. The van der Waals surface area contributed by atoms with Gasteiger partial charge in [-0.3, -0.25) is 4.79 Å². The van der Waals surface area contributed by atoms with E-state index >= 15 is 0 Å². The number of aryl methyl sites for hydroxylation is 1. The molecule has 0 aromatic carbocycles. The fourth-order valence-electron chi connectivity index (χ4n) is 2.15. The molecule has 1 fully saturated rings. The molecule has 2 rings (SSSR count). The third-order valence-electron chi connectivity index (χ3n) is 3.25. The zero-order chi connectivity index (χ0) is 12.4. The van der Waals surface area contributed by atoms with Gasteiger partial charge in [0.1, 0.15) is 5.69 Å². The van der Waals surface area contributed by atoms with Crippen molar-refractivity contribution in [2.45, 2.75) is 25.9 Å². The Bertz CT molecular complexity index is 408. The number of hydrogen-bond donors (Lipinski definition) is 1. The van der Waals surface area contributed by atoms with Gasteiger partial charge in [-0.25, -0.2) is 0 Å². The molecule has 5 heteroatoms. The fraction of sp³-hybridized carbons (Fsp3) is 0.583. The molecule has 1 aromatic heterocycles. The van der Waals surface area contributed by atoms with Crippen molar-refractivity contribution in [3.8, 4) is 0 Å². The minimum Gasteiger partial charge on any atom is -0.397 e. The standard InChI is InChI=1S/C12H19N3O2/c1-3-15-7-9(13)6-11(15)12(16)14(2)10-4-5-17-8-10/h6-7,10H,3-5,8,13H2,1-2H3. The van der Waals surface area contributed by atoms with E-state index in [0.717, 1.165) is 19.6 Å². The van der Waals surface area contributed by atoms with Crippen molar-refractivity contribution in [3.05, 3.63) is 18.0 Å². The zero-order valence-electron chi connectivity index (χ0n) is 10.3. The van der Waals surface area contributed by atoms with Gasteiger partial charge < -0.3 is 19.9 Å². The molecule has 0 spiro atoms. The molecular weight excluding hydrogens is 218 g/mol. The molecule has 1 aliphatic heterocycles. The largest absolute Gasteiger partial charge is 0.397 e. The van der Waals surface area contributed by atoms with Crippen molar-refractivity contribution in [2.75, 3.05) is 26.0 Å². The summed E-state index contributed by atoms with van der Waals surface area (Å²) in [5.74, 6) is 0.0130. The molecule has 1 aromatic rings. The van der Waals surface area contributed by atoms with Gasteiger partial charge in [0, 0.05) is 26.4 Å². The Balaban J connectivity index is 2.17. The summed E-state index contributed by atoms with van der Waals surface area (Å²) < 4.78 is 7.18. The summed E-state index contributed by atoms with van der Waals surface area (Å²) in [6, 6.07) is 1.92. The molecule has 17 heavy (non-hydrogen) atoms. The van der Waals surface area contributed by atoms with Gasteiger partial charge in [0.25, 0.3) is 5.91 Å². The first-order chi connectivity index (χ1) is 8.13. The van der Waals surface area contributed by atoms with E-state index in [1.165, 1.54) is 0 Å². The van der Waals surface area contributed by atoms with Crippen LogP contribution >= 0.6 is 0 Å². The van der Waals surface area contributed by atoms with Crippen LogP contribution in [0, 0.1) is 0 Å². The molecule has 5 nitrogen and oxygen atoms in total. The Morgan fingerprint density at radius 3 is 3.06 bits per heavy atom. The third-order valence-corrected chi connectivity index (χ3v) is 3.25. The second-order valence-corrected chi connectivity index (χ2v) is 4.38. The first kappa shape index (κ1) is 12.0. The molecule has 1 unspecified atom stereocenters. The molecular formula is C12H19N3O2. The Hall–Kier alpha value is -1.49. The number of nitrogen functional groups attached to an aromatic ring is 1. The van der Waals surface area contributed by atoms with Gasteiger partial charge in [-0.1, -0.05) is 0 Å². The lowest BCUT2D eigenvalue weighted by atomic mass is 10.2. The van der Waals surface area contributed by atoms with E-state index in [2.05, 4.69) is 0 Å². The van der Waals surface area contributed by atoms with E-state index in [0.29, 0.717) is 18.0 Å². The molecule has 94 valence electrons. The second kappa shape index (κ2) is 4.79. The van der Waals surface area contributed by atoms with Crippen molar-refractivity contribution >= 4 is 11.6 Å². The average molecular weight is 237 g/mol. The normalized spacial score (nSPS) is 19.5. The first-order valence-corrected chi connectivity index (χ1v) is 5.94. The zero-order valence-corrected chi connectivity index (χ0v) is 10.3. The minimum absolute atomic E-state index is 0.0130. The molecule has 1 aliphatic rings. The number of likely N-dealkylation sites (N-methyl/N-ethyl adjacent to an activating group) is 1. The van der Waals surface area contributed by atoms with Gasteiger partial charge in [0.15, 0.2) is 0 Å². The number of carbonyl (C=O) groups is 1. The number of anilines is 1. The van der Waals surface area contributed by atoms with Crippen molar-refractivity contribution < 1.29 is 9.53 Å². The Morgan fingerprint density at radius 1 is 1.71 bits per heavy atom. The quantitative estimate of drug-likeness (QED) is 0.851. The summed E-state index contributed by atoms with van der Waals surface area (Å²) in [7, 11) is 1.82. The number of carbonyl (C=O) groups excluding carboxylic acids is 1. The maximum absolute atomic E-state index is 12.3. The third kappa shape index (κ3) is 2.29. The Labute approximate surface area is 101 Å². The highest BCUT2D eigenvalue weighted by atomic mass is 16.5. The summed E-state index contributed by atoms with van der Waals surface area (Å²) in [4.78, 5) is 14.1. The lowest BCUT2D eigenvalue weighted by Crippen LogP contribution is -2.38. The average Bonchev–Trinajstić information content (AvgIpc) is 2.95. The van der Waals surface area contributed by atoms with E-state index in [1.54, 1.807) is 17.2 Å². The number of rotatable bonds is 3. The number of aromatic nitrogens is 1. The molecule has 2 N–H and O–H groups in total. The van der Waals surface area contributed by atoms with Crippen molar-refractivity contribution in [3.63, 3.8) is 0 Å². The predicted molar refractivity (Wildman–Crippen MR) is 65.8 cm³/mol. The summed E-state index contributed by atoms with van der Waals surface area (Å²) in [6.07, 6.45) is 2.71. The van der Waals surface area contributed by atoms with E-state index in [4.69, 9.17) is 10.5 Å². The summed E-state index contributed by atoms with van der Waals surface area (Å²) in [5.41, 5.74) is 7.01. The lowest BCUT2D eigenvalue weighted by Gasteiger charge is -2.23. The number of hydrogen-bond acceptors (Lipinski definition) is 3. The Kier molecular flexibility index (Phi) is 3.38. The van der Waals surface area contributed by atoms with E-state index in [1.807, 2.05) is 18.5 Å². The molecule has 1 atom stereocenters. The van der Waals surface area contributed by atoms with Gasteiger partial charge in [0.2, 0.25) is 0 Å². The van der Waals surface area contributed by atoms with Crippen LogP contribution in [-0.2, 0) is 11.3 Å². The maximum Gasteiger partial charge on any atom is 0.270 e. The number of nitrogens with two attached hydrogens (primary N) is 1. The first-order valence-electron chi connectivity index (χ1n) is 5.94. The lowest BCUT2D eigenvalue weighted by molar-refractivity contribution is 0.0700. The van der Waals surface area contributed by atoms with Crippen LogP contribution < -0.4 is 5.73 Å². The van der Waals surface area contributed by atoms with Crippen LogP contribution in [0.2, 0.25) is 0 Å². The molecule has 0 radical (unpaired) electrons. The van der Waals surface area contributed by atoms with E-state index in [-0.39, 0.29) is 11.9 Å². The predicted octanol–water partition coefficient (Wildman–Crippen LogP) is 0.951. The number of ether oxygens (including phenoxy) is 1. The van der Waals surface area contributed by atoms with Gasteiger partial charge in [-0.15, -0.1) is 0 Å². The van der Waals surface area contributed by atoms with Gasteiger partial charge >= 0.3 is 0 Å². The molecule has 0 bridgehead atoms. The molecule has 0 aliphatic carbocycles. The SMILES string of the molecule is CCn1cc(N)cc1C(=O)N(C)C1CCOC1. The smallest absolute Gasteiger partial charge is 0.270 e. The van der Waals surface area contributed by atoms with Crippen LogP contribution in [0.1, 0.15) is 23.8 Å². The van der Waals surface area contributed by atoms with E-state index in [9.17, 15) is 4.79 Å². The topological polar surface area (TPSA) is 60.5 Å². The molecule has 1 amide bonds. The highest BCUT2D eigenvalue weighted by Crippen LogP contribution is 2.17. The van der Waals surface area contributed by atoms with E-state index < -0.39 is 0 Å². The van der Waals surface area contributed by atoms with Crippen LogP contribution in [0.4, 0.5) is 5.69 Å². The monoisotopic (exact) mass is 237 g/mol. The van der Waals surface area contributed by atoms with Crippen LogP contribution in [0.3, 0.4) is 0 Å². The summed E-state index contributed by atoms with van der Waals surface area (Å²) in [6.45, 7) is 4.10. The molecule has 1 saturated heterocycles. The van der Waals surface area contributed by atoms with Crippen LogP contribution in [0.15, 0.2) is 12.3 Å². The second-order valence-electron chi connectivity index (χ2n) is 4.38. The van der Waals surface area contributed by atoms with Crippen molar-refractivity contribution in [2.24, 2.45) is 0 Å². The highest BCUT2D eigenvalue weighted by molar-refractivity contribution is 5.93. The maximum atomic E-state index is 12.3. The fourth-order valence-corrected chi connectivity index (χ4v) is 2.15. The van der Waals surface area contributed by atoms with Crippen LogP contribution in [0.5, 0.6) is 0 Å². The highest BCUT2D eigenvalue weighted by Gasteiger charge is 2.26. The van der Waals surface area contributed by atoms with Crippen LogP contribution in [-0.4, -0.2) is 41.7 Å².